The third-order valence-electron chi connectivity index (χ3n) is 2.05. The highest BCUT2D eigenvalue weighted by Gasteiger charge is 2.16. The zero-order valence-corrected chi connectivity index (χ0v) is 9.86. The number of hydrogen-bond acceptors (Lipinski definition) is 5. The summed E-state index contributed by atoms with van der Waals surface area (Å²) in [4.78, 5) is 21.1. The van der Waals surface area contributed by atoms with E-state index in [4.69, 9.17) is 11.6 Å². The van der Waals surface area contributed by atoms with Crippen molar-refractivity contribution in [3.8, 4) is 0 Å². The lowest BCUT2D eigenvalue weighted by Gasteiger charge is -2.07. The molecule has 0 aliphatic carbocycles. The zero-order valence-electron chi connectivity index (χ0n) is 9.10. The highest BCUT2D eigenvalue weighted by molar-refractivity contribution is 6.33. The summed E-state index contributed by atoms with van der Waals surface area (Å²) in [6.07, 6.45) is 0.110. The number of rotatable bonds is 5. The highest BCUT2D eigenvalue weighted by Crippen LogP contribution is 2.31. The van der Waals surface area contributed by atoms with Gasteiger partial charge in [-0.15, -0.1) is 0 Å². The molecule has 0 amide bonds. The van der Waals surface area contributed by atoms with E-state index >= 15 is 0 Å². The monoisotopic (exact) mass is 258 g/mol. The topological polar surface area (TPSA) is 81.5 Å². The summed E-state index contributed by atoms with van der Waals surface area (Å²) in [5, 5.41) is 13.7. The Kier molecular flexibility index (Phi) is 4.71. The average molecular weight is 259 g/mol. The lowest BCUT2D eigenvalue weighted by molar-refractivity contribution is -0.383. The molecule has 7 heteroatoms. The first-order valence-corrected chi connectivity index (χ1v) is 5.17. The molecule has 92 valence electrons. The Balaban J connectivity index is 2.76. The van der Waals surface area contributed by atoms with E-state index < -0.39 is 10.9 Å². The van der Waals surface area contributed by atoms with Gasteiger partial charge in [0.2, 0.25) is 0 Å². The molecular weight excluding hydrogens is 248 g/mol. The van der Waals surface area contributed by atoms with Gasteiger partial charge in [-0.3, -0.25) is 14.9 Å². The Morgan fingerprint density at radius 2 is 2.29 bits per heavy atom. The number of carbonyl (C=O) groups excluding carboxylic acids is 1. The fraction of sp³-hybridized carbons (Fsp3) is 0.300. The van der Waals surface area contributed by atoms with Crippen molar-refractivity contribution >= 4 is 28.9 Å². The second-order valence-corrected chi connectivity index (χ2v) is 3.55. The number of hydrogen-bond donors (Lipinski definition) is 1. The van der Waals surface area contributed by atoms with Crippen molar-refractivity contribution in [1.29, 1.82) is 0 Å². The van der Waals surface area contributed by atoms with Gasteiger partial charge in [-0.2, -0.15) is 0 Å². The molecule has 0 aliphatic rings. The van der Waals surface area contributed by atoms with E-state index in [1.54, 1.807) is 0 Å². The van der Waals surface area contributed by atoms with Crippen molar-refractivity contribution in [2.75, 3.05) is 19.0 Å². The molecule has 0 aliphatic heterocycles. The molecule has 1 N–H and O–H groups in total. The molecule has 1 aromatic carbocycles. The Morgan fingerprint density at radius 1 is 1.59 bits per heavy atom. The van der Waals surface area contributed by atoms with Crippen LogP contribution in [0.5, 0.6) is 0 Å². The molecule has 0 spiro atoms. The number of nitrogens with zero attached hydrogens (tertiary/aromatic N) is 1. The zero-order chi connectivity index (χ0) is 12.8. The molecule has 17 heavy (non-hydrogen) atoms. The van der Waals surface area contributed by atoms with Gasteiger partial charge in [-0.25, -0.2) is 0 Å². The van der Waals surface area contributed by atoms with Crippen molar-refractivity contribution in [3.05, 3.63) is 33.3 Å². The highest BCUT2D eigenvalue weighted by atomic mass is 35.5. The first kappa shape index (κ1) is 13.2. The van der Waals surface area contributed by atoms with Crippen LogP contribution in [0.1, 0.15) is 6.42 Å². The van der Waals surface area contributed by atoms with E-state index in [0.29, 0.717) is 0 Å². The lowest BCUT2D eigenvalue weighted by atomic mass is 10.2. The number of halogens is 1. The summed E-state index contributed by atoms with van der Waals surface area (Å²) in [6, 6.07) is 4.37. The smallest absolute Gasteiger partial charge is 0.307 e. The average Bonchev–Trinajstić information content (AvgIpc) is 2.30. The van der Waals surface area contributed by atoms with E-state index in [9.17, 15) is 14.9 Å². The van der Waals surface area contributed by atoms with Gasteiger partial charge in [0.25, 0.3) is 5.69 Å². The van der Waals surface area contributed by atoms with Crippen molar-refractivity contribution in [2.24, 2.45) is 0 Å². The fourth-order valence-electron chi connectivity index (χ4n) is 1.23. The van der Waals surface area contributed by atoms with Crippen LogP contribution in [0.2, 0.25) is 5.02 Å². The van der Waals surface area contributed by atoms with Crippen LogP contribution < -0.4 is 5.32 Å². The van der Waals surface area contributed by atoms with Gasteiger partial charge >= 0.3 is 5.97 Å². The van der Waals surface area contributed by atoms with Crippen LogP contribution in [0.4, 0.5) is 11.4 Å². The van der Waals surface area contributed by atoms with Gasteiger partial charge < -0.3 is 10.1 Å². The number of para-hydroxylation sites is 1. The third-order valence-corrected chi connectivity index (χ3v) is 2.36. The summed E-state index contributed by atoms with van der Waals surface area (Å²) in [6.45, 7) is 0.219. The number of ether oxygens (including phenoxy) is 1. The van der Waals surface area contributed by atoms with Crippen LogP contribution in [0.15, 0.2) is 18.2 Å². The summed E-state index contributed by atoms with van der Waals surface area (Å²) in [7, 11) is 1.28. The van der Waals surface area contributed by atoms with Crippen molar-refractivity contribution < 1.29 is 14.5 Å². The van der Waals surface area contributed by atoms with Crippen molar-refractivity contribution in [1.82, 2.24) is 0 Å². The van der Waals surface area contributed by atoms with Crippen LogP contribution in [-0.2, 0) is 9.53 Å². The molecule has 0 heterocycles. The molecule has 6 nitrogen and oxygen atoms in total. The predicted molar refractivity (Wildman–Crippen MR) is 63.2 cm³/mol. The minimum atomic E-state index is -0.535. The predicted octanol–water partition coefficient (Wildman–Crippen LogP) is 2.22. The van der Waals surface area contributed by atoms with E-state index in [2.05, 4.69) is 10.1 Å². The van der Waals surface area contributed by atoms with Crippen LogP contribution in [0.3, 0.4) is 0 Å². The van der Waals surface area contributed by atoms with Gasteiger partial charge in [0, 0.05) is 12.6 Å². The second-order valence-electron chi connectivity index (χ2n) is 3.14. The SMILES string of the molecule is COC(=O)CCNc1c(Cl)cccc1[N+](=O)[O-]. The summed E-state index contributed by atoms with van der Waals surface area (Å²) < 4.78 is 4.45. The van der Waals surface area contributed by atoms with Crippen LogP contribution in [0.25, 0.3) is 0 Å². The fourth-order valence-corrected chi connectivity index (χ4v) is 1.47. The largest absolute Gasteiger partial charge is 0.469 e. The van der Waals surface area contributed by atoms with Crippen LogP contribution in [0, 0.1) is 10.1 Å². The number of benzene rings is 1. The summed E-state index contributed by atoms with van der Waals surface area (Å²) >= 11 is 5.84. The minimum absolute atomic E-state index is 0.110. The van der Waals surface area contributed by atoms with Gasteiger partial charge in [0.15, 0.2) is 0 Å². The molecule has 0 saturated carbocycles. The lowest BCUT2D eigenvalue weighted by Crippen LogP contribution is -2.11. The molecule has 0 unspecified atom stereocenters. The molecule has 0 saturated heterocycles. The first-order chi connectivity index (χ1) is 8.06. The number of esters is 1. The molecule has 0 radical (unpaired) electrons. The number of carbonyl (C=O) groups is 1. The minimum Gasteiger partial charge on any atom is -0.469 e. The molecule has 0 atom stereocenters. The Morgan fingerprint density at radius 3 is 2.88 bits per heavy atom. The summed E-state index contributed by atoms with van der Waals surface area (Å²) in [5.74, 6) is -0.396. The van der Waals surface area contributed by atoms with Gasteiger partial charge in [0.1, 0.15) is 5.69 Å². The Labute approximate surface area is 103 Å². The molecule has 0 bridgehead atoms. The number of anilines is 1. The van der Waals surface area contributed by atoms with Crippen LogP contribution >= 0.6 is 11.6 Å². The van der Waals surface area contributed by atoms with E-state index in [1.807, 2.05) is 0 Å². The van der Waals surface area contributed by atoms with Crippen molar-refractivity contribution in [2.45, 2.75) is 6.42 Å². The molecule has 0 aromatic heterocycles. The third kappa shape index (κ3) is 3.60. The quantitative estimate of drug-likeness (QED) is 0.497. The van der Waals surface area contributed by atoms with Crippen molar-refractivity contribution in [3.63, 3.8) is 0 Å². The van der Waals surface area contributed by atoms with E-state index in [-0.39, 0.29) is 29.4 Å². The molecule has 0 fully saturated rings. The maximum absolute atomic E-state index is 10.9. The Bertz CT molecular complexity index is 436. The number of nitro benzene ring substituents is 1. The molecule has 1 aromatic rings. The molecular formula is C10H11ClN2O4. The molecule has 1 rings (SSSR count). The van der Waals surface area contributed by atoms with Crippen LogP contribution in [-0.4, -0.2) is 24.5 Å². The standard InChI is InChI=1S/C10H11ClN2O4/c1-17-9(14)5-6-12-10-7(11)3-2-4-8(10)13(15)16/h2-4,12H,5-6H2,1H3. The number of methoxy groups -OCH3 is 1. The van der Waals surface area contributed by atoms with E-state index in [0.717, 1.165) is 0 Å². The second kappa shape index (κ2) is 6.05. The normalized spacial score (nSPS) is 9.76. The summed E-state index contributed by atoms with van der Waals surface area (Å²) in [5.41, 5.74) is 0.0884. The van der Waals surface area contributed by atoms with Gasteiger partial charge in [-0.05, 0) is 6.07 Å². The van der Waals surface area contributed by atoms with E-state index in [1.165, 1.54) is 25.3 Å². The van der Waals surface area contributed by atoms with Gasteiger partial charge in [0.05, 0.1) is 23.5 Å². The number of nitrogens with one attached hydrogen (secondary N) is 1. The maximum Gasteiger partial charge on any atom is 0.307 e. The number of nitro groups is 1. The van der Waals surface area contributed by atoms with Gasteiger partial charge in [-0.1, -0.05) is 17.7 Å². The Hall–Kier alpha value is -1.82. The maximum atomic E-state index is 10.9. The first-order valence-electron chi connectivity index (χ1n) is 4.80.